The van der Waals surface area contributed by atoms with Crippen molar-refractivity contribution < 1.29 is 19.4 Å². The lowest BCUT2D eigenvalue weighted by molar-refractivity contribution is -0.136. The quantitative estimate of drug-likeness (QED) is 0.839. The molecule has 0 atom stereocenters. The molecule has 0 saturated carbocycles. The van der Waals surface area contributed by atoms with Gasteiger partial charge in [0, 0.05) is 10.6 Å². The Labute approximate surface area is 134 Å². The summed E-state index contributed by atoms with van der Waals surface area (Å²) >= 11 is 5.88. The Hall–Kier alpha value is -2.19. The highest BCUT2D eigenvalue weighted by atomic mass is 35.5. The molecule has 0 fully saturated rings. The van der Waals surface area contributed by atoms with Crippen molar-refractivity contribution in [2.24, 2.45) is 0 Å². The first-order valence-electron chi connectivity index (χ1n) is 6.63. The van der Waals surface area contributed by atoms with Crippen molar-refractivity contribution in [1.82, 2.24) is 5.32 Å². The van der Waals surface area contributed by atoms with Gasteiger partial charge in [-0.2, -0.15) is 0 Å². The molecule has 0 bridgehead atoms. The minimum absolute atomic E-state index is 0.0912. The number of halogens is 1. The van der Waals surface area contributed by atoms with Crippen LogP contribution in [0, 0.1) is 11.8 Å². The number of hydrogen-bond acceptors (Lipinski definition) is 3. The van der Waals surface area contributed by atoms with E-state index in [1.165, 1.54) is 0 Å². The zero-order chi connectivity index (χ0) is 16.8. The van der Waals surface area contributed by atoms with Gasteiger partial charge in [0.15, 0.2) is 0 Å². The predicted octanol–water partition coefficient (Wildman–Crippen LogP) is 2.84. The number of carboxylic acid groups (broad SMARTS) is 1. The molecule has 0 aliphatic rings. The number of benzene rings is 1. The number of carboxylic acids is 1. The van der Waals surface area contributed by atoms with Crippen molar-refractivity contribution in [3.8, 4) is 11.8 Å². The summed E-state index contributed by atoms with van der Waals surface area (Å²) < 4.78 is 5.07. The highest BCUT2D eigenvalue weighted by Crippen LogP contribution is 2.16. The molecule has 1 aromatic carbocycles. The third kappa shape index (κ3) is 7.00. The molecule has 5 nitrogen and oxygen atoms in total. The summed E-state index contributed by atoms with van der Waals surface area (Å²) in [6.07, 6.45) is -0.695. The highest BCUT2D eigenvalue weighted by molar-refractivity contribution is 6.30. The molecule has 2 N–H and O–H groups in total. The number of aliphatic carboxylic acids is 1. The number of rotatable bonds is 3. The van der Waals surface area contributed by atoms with Gasteiger partial charge in [-0.25, -0.2) is 4.79 Å². The standard InChI is InChI=1S/C16H18ClNO4/c1-16(2,3)22-15(21)18-8-4-5-11-9-13(17)7-6-12(11)10-14(19)20/h6-7,9H,8,10H2,1-3H3,(H,18,21)(H,19,20). The third-order valence-corrected chi connectivity index (χ3v) is 2.59. The second-order valence-electron chi connectivity index (χ2n) is 5.53. The van der Waals surface area contributed by atoms with E-state index in [9.17, 15) is 9.59 Å². The molecule has 0 unspecified atom stereocenters. The first-order valence-corrected chi connectivity index (χ1v) is 7.01. The van der Waals surface area contributed by atoms with Gasteiger partial charge in [-0.3, -0.25) is 4.79 Å². The highest BCUT2D eigenvalue weighted by Gasteiger charge is 2.15. The van der Waals surface area contributed by atoms with Crippen molar-refractivity contribution in [3.63, 3.8) is 0 Å². The van der Waals surface area contributed by atoms with Crippen LogP contribution in [0.15, 0.2) is 18.2 Å². The largest absolute Gasteiger partial charge is 0.481 e. The zero-order valence-corrected chi connectivity index (χ0v) is 13.5. The van der Waals surface area contributed by atoms with Crippen LogP contribution in [0.25, 0.3) is 0 Å². The van der Waals surface area contributed by atoms with E-state index in [-0.39, 0.29) is 13.0 Å². The van der Waals surface area contributed by atoms with E-state index in [1.807, 2.05) is 0 Å². The average Bonchev–Trinajstić information content (AvgIpc) is 2.35. The maximum Gasteiger partial charge on any atom is 0.408 e. The number of hydrogen-bond donors (Lipinski definition) is 2. The SMILES string of the molecule is CC(C)(C)OC(=O)NCC#Cc1cc(Cl)ccc1CC(=O)O. The van der Waals surface area contributed by atoms with Crippen LogP contribution in [0.3, 0.4) is 0 Å². The van der Waals surface area contributed by atoms with E-state index in [1.54, 1.807) is 39.0 Å². The van der Waals surface area contributed by atoms with E-state index in [2.05, 4.69) is 17.2 Å². The van der Waals surface area contributed by atoms with Crippen molar-refractivity contribution >= 4 is 23.7 Å². The Bertz CT molecular complexity index is 623. The van der Waals surface area contributed by atoms with Gasteiger partial charge in [0.1, 0.15) is 5.60 Å². The molecule has 1 amide bonds. The summed E-state index contributed by atoms with van der Waals surface area (Å²) in [6, 6.07) is 4.84. The third-order valence-electron chi connectivity index (χ3n) is 2.36. The van der Waals surface area contributed by atoms with Crippen molar-refractivity contribution in [2.75, 3.05) is 6.54 Å². The summed E-state index contributed by atoms with van der Waals surface area (Å²) in [5.41, 5.74) is 0.529. The maximum absolute atomic E-state index is 11.4. The predicted molar refractivity (Wildman–Crippen MR) is 83.9 cm³/mol. The first kappa shape index (κ1) is 17.9. The van der Waals surface area contributed by atoms with Gasteiger partial charge in [0.25, 0.3) is 0 Å². The number of carbonyl (C=O) groups is 2. The molecule has 118 valence electrons. The molecule has 0 saturated heterocycles. The Kier molecular flexibility index (Phi) is 6.26. The molecule has 22 heavy (non-hydrogen) atoms. The van der Waals surface area contributed by atoms with Gasteiger partial charge in [-0.05, 0) is 38.5 Å². The molecule has 0 spiro atoms. The van der Waals surface area contributed by atoms with E-state index < -0.39 is 17.7 Å². The van der Waals surface area contributed by atoms with E-state index in [0.717, 1.165) is 0 Å². The summed E-state index contributed by atoms with van der Waals surface area (Å²) in [4.78, 5) is 22.2. The first-order chi connectivity index (χ1) is 10.2. The summed E-state index contributed by atoms with van der Waals surface area (Å²) in [6.45, 7) is 5.39. The fraction of sp³-hybridized carbons (Fsp3) is 0.375. The Morgan fingerprint density at radius 1 is 1.36 bits per heavy atom. The number of amides is 1. The molecular formula is C16H18ClNO4. The number of carbonyl (C=O) groups excluding carboxylic acids is 1. The molecular weight excluding hydrogens is 306 g/mol. The van der Waals surface area contributed by atoms with Crippen LogP contribution >= 0.6 is 11.6 Å². The van der Waals surface area contributed by atoms with Crippen LogP contribution in [-0.4, -0.2) is 29.3 Å². The normalized spacial score (nSPS) is 10.4. The Balaban J connectivity index is 2.70. The van der Waals surface area contributed by atoms with Crippen molar-refractivity contribution in [2.45, 2.75) is 32.8 Å². The summed E-state index contributed by atoms with van der Waals surface area (Å²) in [5.74, 6) is 4.61. The molecule has 0 aromatic heterocycles. The van der Waals surface area contributed by atoms with Gasteiger partial charge in [0.05, 0.1) is 13.0 Å². The topological polar surface area (TPSA) is 75.6 Å². The summed E-state index contributed by atoms with van der Waals surface area (Å²) in [7, 11) is 0. The monoisotopic (exact) mass is 323 g/mol. The molecule has 0 aliphatic carbocycles. The fourth-order valence-corrected chi connectivity index (χ4v) is 1.72. The van der Waals surface area contributed by atoms with Crippen LogP contribution in [0.2, 0.25) is 5.02 Å². The van der Waals surface area contributed by atoms with Crippen molar-refractivity contribution in [1.29, 1.82) is 0 Å². The Morgan fingerprint density at radius 3 is 2.64 bits per heavy atom. The van der Waals surface area contributed by atoms with Crippen LogP contribution in [0.4, 0.5) is 4.79 Å². The second-order valence-corrected chi connectivity index (χ2v) is 5.97. The van der Waals surface area contributed by atoms with Crippen molar-refractivity contribution in [3.05, 3.63) is 34.3 Å². The van der Waals surface area contributed by atoms with Gasteiger partial charge in [-0.15, -0.1) is 0 Å². The lowest BCUT2D eigenvalue weighted by Gasteiger charge is -2.19. The zero-order valence-electron chi connectivity index (χ0n) is 12.7. The lowest BCUT2D eigenvalue weighted by Crippen LogP contribution is -2.32. The molecule has 1 aromatic rings. The number of ether oxygens (including phenoxy) is 1. The molecule has 0 aliphatic heterocycles. The summed E-state index contributed by atoms with van der Waals surface area (Å²) in [5, 5.41) is 11.8. The number of alkyl carbamates (subject to hydrolysis) is 1. The van der Waals surface area contributed by atoms with E-state index in [0.29, 0.717) is 16.1 Å². The fourth-order valence-electron chi connectivity index (χ4n) is 1.55. The average molecular weight is 324 g/mol. The molecule has 6 heteroatoms. The smallest absolute Gasteiger partial charge is 0.408 e. The van der Waals surface area contributed by atoms with Gasteiger partial charge in [-0.1, -0.05) is 29.5 Å². The second kappa shape index (κ2) is 7.71. The minimum Gasteiger partial charge on any atom is -0.481 e. The maximum atomic E-state index is 11.4. The van der Waals surface area contributed by atoms with Crippen LogP contribution in [0.1, 0.15) is 31.9 Å². The van der Waals surface area contributed by atoms with Gasteiger partial charge >= 0.3 is 12.1 Å². The van der Waals surface area contributed by atoms with Crippen LogP contribution in [-0.2, 0) is 16.0 Å². The van der Waals surface area contributed by atoms with Crippen LogP contribution < -0.4 is 5.32 Å². The molecule has 0 heterocycles. The van der Waals surface area contributed by atoms with Gasteiger partial charge < -0.3 is 15.2 Å². The van der Waals surface area contributed by atoms with Gasteiger partial charge in [0.2, 0.25) is 0 Å². The Morgan fingerprint density at radius 2 is 2.05 bits per heavy atom. The minimum atomic E-state index is -0.947. The molecule has 1 rings (SSSR count). The van der Waals surface area contributed by atoms with Crippen LogP contribution in [0.5, 0.6) is 0 Å². The lowest BCUT2D eigenvalue weighted by atomic mass is 10.1. The van der Waals surface area contributed by atoms with E-state index in [4.69, 9.17) is 21.4 Å². The number of nitrogens with one attached hydrogen (secondary N) is 1. The van der Waals surface area contributed by atoms with E-state index >= 15 is 0 Å². The molecule has 0 radical (unpaired) electrons.